The number of nitrogen functional groups attached to an aromatic ring is 1. The van der Waals surface area contributed by atoms with E-state index in [-0.39, 0.29) is 22.0 Å². The normalized spacial score (nSPS) is 13.1. The predicted molar refractivity (Wildman–Crippen MR) is 102 cm³/mol. The summed E-state index contributed by atoms with van der Waals surface area (Å²) >= 11 is 12.2. The number of halogens is 2. The first-order valence-electron chi connectivity index (χ1n) is 7.85. The van der Waals surface area contributed by atoms with Gasteiger partial charge in [0, 0.05) is 12.6 Å². The average molecular weight is 395 g/mol. The second kappa shape index (κ2) is 6.66. The highest BCUT2D eigenvalue weighted by Crippen LogP contribution is 2.33. The van der Waals surface area contributed by atoms with Gasteiger partial charge >= 0.3 is 0 Å². The third kappa shape index (κ3) is 3.04. The maximum Gasteiger partial charge on any atom is 0.262 e. The third-order valence-corrected chi connectivity index (χ3v) is 4.66. The highest BCUT2D eigenvalue weighted by Gasteiger charge is 2.32. The van der Waals surface area contributed by atoms with Crippen molar-refractivity contribution < 1.29 is 9.59 Å². The van der Waals surface area contributed by atoms with Crippen molar-refractivity contribution >= 4 is 46.5 Å². The van der Waals surface area contributed by atoms with Crippen molar-refractivity contribution in [2.45, 2.75) is 13.8 Å². The standard InChI is InChI=1S/C17H16Cl2N4O3/c1-7(2)6-21-11-4-9(18)10(19)5-12(11)23-13(24)3-8-14(15(23)20)17(26)22-16(8)25/h3-5,7,21H,6,20H2,1-2H3,(H,22,25,26). The Labute approximate surface area is 159 Å². The van der Waals surface area contributed by atoms with Crippen LogP contribution in [-0.2, 0) is 0 Å². The molecule has 0 fully saturated rings. The van der Waals surface area contributed by atoms with Crippen LogP contribution in [-0.4, -0.2) is 22.9 Å². The molecule has 2 amide bonds. The number of fused-ring (bicyclic) bond motifs is 1. The first-order valence-corrected chi connectivity index (χ1v) is 8.60. The summed E-state index contributed by atoms with van der Waals surface area (Å²) in [5, 5.41) is 5.86. The van der Waals surface area contributed by atoms with Gasteiger partial charge in [-0.15, -0.1) is 0 Å². The molecule has 0 radical (unpaired) electrons. The van der Waals surface area contributed by atoms with Gasteiger partial charge in [-0.1, -0.05) is 37.0 Å². The average Bonchev–Trinajstić information content (AvgIpc) is 2.83. The van der Waals surface area contributed by atoms with E-state index in [0.29, 0.717) is 28.9 Å². The van der Waals surface area contributed by atoms with Crippen molar-refractivity contribution in [3.05, 3.63) is 49.7 Å². The lowest BCUT2D eigenvalue weighted by Crippen LogP contribution is -2.25. The molecule has 0 atom stereocenters. The van der Waals surface area contributed by atoms with Crippen molar-refractivity contribution in [1.29, 1.82) is 0 Å². The van der Waals surface area contributed by atoms with Gasteiger partial charge in [0.15, 0.2) is 0 Å². The Hall–Kier alpha value is -2.51. The molecule has 136 valence electrons. The van der Waals surface area contributed by atoms with E-state index < -0.39 is 17.4 Å². The molecule has 1 aromatic heterocycles. The zero-order valence-corrected chi connectivity index (χ0v) is 15.5. The van der Waals surface area contributed by atoms with Crippen LogP contribution in [0.25, 0.3) is 5.69 Å². The summed E-state index contributed by atoms with van der Waals surface area (Å²) in [5.41, 5.74) is 6.33. The highest BCUT2D eigenvalue weighted by atomic mass is 35.5. The van der Waals surface area contributed by atoms with Crippen LogP contribution in [0.15, 0.2) is 23.0 Å². The van der Waals surface area contributed by atoms with Gasteiger partial charge in [-0.05, 0) is 18.1 Å². The molecule has 1 aliphatic heterocycles. The zero-order valence-electron chi connectivity index (χ0n) is 14.0. The SMILES string of the molecule is CC(C)CNc1cc(Cl)c(Cl)cc1-n1c(N)c2c(cc1=O)C(=O)NC2=O. The van der Waals surface area contributed by atoms with Crippen LogP contribution in [0.4, 0.5) is 11.5 Å². The summed E-state index contributed by atoms with van der Waals surface area (Å²) in [7, 11) is 0. The fourth-order valence-corrected chi connectivity index (χ4v) is 3.03. The number of pyridine rings is 1. The lowest BCUT2D eigenvalue weighted by Gasteiger charge is -2.18. The van der Waals surface area contributed by atoms with Crippen molar-refractivity contribution in [2.75, 3.05) is 17.6 Å². The number of carbonyl (C=O) groups is 2. The largest absolute Gasteiger partial charge is 0.384 e. The summed E-state index contributed by atoms with van der Waals surface area (Å²) in [6.07, 6.45) is 0. The molecule has 2 aromatic rings. The quantitative estimate of drug-likeness (QED) is 0.691. The molecule has 0 saturated heterocycles. The van der Waals surface area contributed by atoms with Crippen molar-refractivity contribution in [3.8, 4) is 5.69 Å². The van der Waals surface area contributed by atoms with Crippen LogP contribution >= 0.6 is 23.2 Å². The Kier molecular flexibility index (Phi) is 4.68. The minimum atomic E-state index is -0.645. The predicted octanol–water partition coefficient (Wildman–Crippen LogP) is 2.68. The molecule has 9 heteroatoms. The summed E-state index contributed by atoms with van der Waals surface area (Å²) in [4.78, 5) is 36.4. The maximum absolute atomic E-state index is 12.6. The second-order valence-corrected chi connectivity index (χ2v) is 7.15. The van der Waals surface area contributed by atoms with E-state index >= 15 is 0 Å². The van der Waals surface area contributed by atoms with Gasteiger partial charge < -0.3 is 11.1 Å². The van der Waals surface area contributed by atoms with E-state index in [1.54, 1.807) is 6.07 Å². The number of hydrogen-bond donors (Lipinski definition) is 3. The van der Waals surface area contributed by atoms with E-state index in [4.69, 9.17) is 28.9 Å². The number of nitrogens with two attached hydrogens (primary N) is 1. The molecular formula is C17H16Cl2N4O3. The minimum absolute atomic E-state index is 0.0320. The van der Waals surface area contributed by atoms with Gasteiger partial charge in [0.25, 0.3) is 17.4 Å². The van der Waals surface area contributed by atoms with Crippen LogP contribution in [0.3, 0.4) is 0 Å². The summed E-state index contributed by atoms with van der Waals surface area (Å²) in [5.74, 6) is -1.10. The summed E-state index contributed by atoms with van der Waals surface area (Å²) in [6.45, 7) is 4.66. The Balaban J connectivity index is 2.26. The molecule has 0 spiro atoms. The van der Waals surface area contributed by atoms with E-state index in [1.807, 2.05) is 13.8 Å². The van der Waals surface area contributed by atoms with E-state index in [1.165, 1.54) is 6.07 Å². The van der Waals surface area contributed by atoms with Gasteiger partial charge in [0.05, 0.1) is 32.5 Å². The Morgan fingerprint density at radius 1 is 1.12 bits per heavy atom. The molecule has 1 aromatic carbocycles. The first kappa shape index (κ1) is 18.3. The van der Waals surface area contributed by atoms with Crippen molar-refractivity contribution in [1.82, 2.24) is 9.88 Å². The molecule has 26 heavy (non-hydrogen) atoms. The number of imide groups is 1. The topological polar surface area (TPSA) is 106 Å². The lowest BCUT2D eigenvalue weighted by atomic mass is 10.1. The van der Waals surface area contributed by atoms with Gasteiger partial charge in [0.1, 0.15) is 5.82 Å². The number of hydrogen-bond acceptors (Lipinski definition) is 5. The Morgan fingerprint density at radius 2 is 1.77 bits per heavy atom. The zero-order chi connectivity index (χ0) is 19.2. The molecule has 2 heterocycles. The Bertz CT molecular complexity index is 998. The van der Waals surface area contributed by atoms with Crippen LogP contribution < -0.4 is 21.9 Å². The molecule has 0 saturated carbocycles. The number of rotatable bonds is 4. The fraction of sp³-hybridized carbons (Fsp3) is 0.235. The smallest absolute Gasteiger partial charge is 0.262 e. The van der Waals surface area contributed by atoms with Crippen LogP contribution in [0.5, 0.6) is 0 Å². The van der Waals surface area contributed by atoms with E-state index in [9.17, 15) is 14.4 Å². The number of nitrogens with one attached hydrogen (secondary N) is 2. The van der Waals surface area contributed by atoms with Gasteiger partial charge in [-0.3, -0.25) is 24.3 Å². The molecule has 3 rings (SSSR count). The van der Waals surface area contributed by atoms with Crippen molar-refractivity contribution in [3.63, 3.8) is 0 Å². The number of amides is 2. The summed E-state index contributed by atoms with van der Waals surface area (Å²) < 4.78 is 1.14. The molecule has 1 aliphatic rings. The molecule has 7 nitrogen and oxygen atoms in total. The minimum Gasteiger partial charge on any atom is -0.384 e. The van der Waals surface area contributed by atoms with E-state index in [2.05, 4.69) is 10.6 Å². The number of carbonyl (C=O) groups excluding carboxylic acids is 2. The number of aromatic nitrogens is 1. The lowest BCUT2D eigenvalue weighted by molar-refractivity contribution is 0.0880. The van der Waals surface area contributed by atoms with Crippen LogP contribution in [0.1, 0.15) is 34.6 Å². The monoisotopic (exact) mass is 394 g/mol. The Morgan fingerprint density at radius 3 is 2.42 bits per heavy atom. The molecule has 0 unspecified atom stereocenters. The summed E-state index contributed by atoms with van der Waals surface area (Å²) in [6, 6.07) is 4.16. The molecule has 0 bridgehead atoms. The number of anilines is 2. The first-order chi connectivity index (χ1) is 12.2. The maximum atomic E-state index is 12.6. The second-order valence-electron chi connectivity index (χ2n) is 6.33. The van der Waals surface area contributed by atoms with Gasteiger partial charge in [-0.25, -0.2) is 0 Å². The van der Waals surface area contributed by atoms with Gasteiger partial charge in [0.2, 0.25) is 0 Å². The number of benzene rings is 1. The van der Waals surface area contributed by atoms with Crippen molar-refractivity contribution in [2.24, 2.45) is 5.92 Å². The molecule has 4 N–H and O–H groups in total. The fourth-order valence-electron chi connectivity index (χ4n) is 2.70. The van der Waals surface area contributed by atoms with E-state index in [0.717, 1.165) is 10.6 Å². The highest BCUT2D eigenvalue weighted by molar-refractivity contribution is 6.42. The third-order valence-electron chi connectivity index (χ3n) is 3.93. The molecule has 0 aliphatic carbocycles. The van der Waals surface area contributed by atoms with Crippen LogP contribution in [0, 0.1) is 5.92 Å². The molecular weight excluding hydrogens is 379 g/mol. The van der Waals surface area contributed by atoms with Gasteiger partial charge in [-0.2, -0.15) is 0 Å². The van der Waals surface area contributed by atoms with Crippen LogP contribution in [0.2, 0.25) is 10.0 Å². The number of nitrogens with zero attached hydrogens (tertiary/aromatic N) is 1.